The van der Waals surface area contributed by atoms with E-state index in [4.69, 9.17) is 18.9 Å². The third-order valence-electron chi connectivity index (χ3n) is 4.28. The molecule has 0 aromatic heterocycles. The average molecular weight is 356 g/mol. The van der Waals surface area contributed by atoms with Gasteiger partial charge in [-0.1, -0.05) is 0 Å². The summed E-state index contributed by atoms with van der Waals surface area (Å²) in [5.41, 5.74) is 0. The van der Waals surface area contributed by atoms with Crippen LogP contribution in [-0.4, -0.2) is 117 Å². The summed E-state index contributed by atoms with van der Waals surface area (Å²) in [6, 6.07) is 0. The summed E-state index contributed by atoms with van der Waals surface area (Å²) in [7, 11) is 1.23. The summed E-state index contributed by atoms with van der Waals surface area (Å²) in [5.74, 6) is -2.19. The quantitative estimate of drug-likeness (QED) is 0.251. The molecule has 0 saturated carbocycles. The van der Waals surface area contributed by atoms with Crippen LogP contribution in [0.1, 0.15) is 0 Å². The minimum atomic E-state index is -2.19. The fourth-order valence-corrected chi connectivity index (χ4v) is 2.78. The highest BCUT2D eigenvalue weighted by Crippen LogP contribution is 2.33. The predicted molar refractivity (Wildman–Crippen MR) is 73.4 cm³/mol. The van der Waals surface area contributed by atoms with Crippen LogP contribution >= 0.6 is 0 Å². The van der Waals surface area contributed by atoms with E-state index >= 15 is 0 Å². The third kappa shape index (κ3) is 3.43. The van der Waals surface area contributed by atoms with E-state index in [1.165, 1.54) is 7.11 Å². The molecule has 142 valence electrons. The molecule has 0 radical (unpaired) electrons. The number of hydrogen-bond donors (Lipinski definition) is 7. The number of ether oxygens (including phenoxy) is 4. The normalized spacial score (nSPS) is 50.0. The van der Waals surface area contributed by atoms with Gasteiger partial charge in [0.2, 0.25) is 5.79 Å². The van der Waals surface area contributed by atoms with E-state index in [0.29, 0.717) is 0 Å². The topological polar surface area (TPSA) is 179 Å². The summed E-state index contributed by atoms with van der Waals surface area (Å²) < 4.78 is 20.6. The molecule has 2 heterocycles. The Morgan fingerprint density at radius 1 is 1.04 bits per heavy atom. The second-order valence-corrected chi connectivity index (χ2v) is 5.81. The molecule has 0 spiro atoms. The Morgan fingerprint density at radius 3 is 2.25 bits per heavy atom. The molecule has 0 amide bonds. The lowest BCUT2D eigenvalue weighted by Crippen LogP contribution is -2.69. The fraction of sp³-hybridized carbons (Fsp3) is 1.00. The van der Waals surface area contributed by atoms with Gasteiger partial charge in [-0.05, 0) is 0 Å². The number of aliphatic hydroxyl groups excluding tert-OH is 7. The smallest absolute Gasteiger partial charge is 0.221 e. The van der Waals surface area contributed by atoms with Gasteiger partial charge in [0.05, 0.1) is 13.2 Å². The van der Waals surface area contributed by atoms with Crippen molar-refractivity contribution in [3.63, 3.8) is 0 Å². The van der Waals surface area contributed by atoms with Crippen molar-refractivity contribution in [1.29, 1.82) is 0 Å². The summed E-state index contributed by atoms with van der Waals surface area (Å²) in [6.07, 6.45) is -11.9. The Morgan fingerprint density at radius 2 is 1.71 bits per heavy atom. The molecule has 2 rings (SSSR count). The van der Waals surface area contributed by atoms with E-state index in [1.54, 1.807) is 0 Å². The number of hydrogen-bond acceptors (Lipinski definition) is 11. The maximum absolute atomic E-state index is 10.2. The Kier molecular flexibility index (Phi) is 6.50. The van der Waals surface area contributed by atoms with Crippen LogP contribution in [0, 0.1) is 0 Å². The van der Waals surface area contributed by atoms with E-state index in [1.807, 2.05) is 0 Å². The molecule has 2 aliphatic rings. The average Bonchev–Trinajstić information content (AvgIpc) is 2.59. The maximum atomic E-state index is 10.2. The highest BCUT2D eigenvalue weighted by molar-refractivity contribution is 4.97. The Balaban J connectivity index is 2.24. The second kappa shape index (κ2) is 7.85. The Labute approximate surface area is 137 Å². The molecule has 7 N–H and O–H groups in total. The van der Waals surface area contributed by atoms with Crippen molar-refractivity contribution in [2.24, 2.45) is 0 Å². The SMILES string of the molecule is CO[C@@H]1O[C@H](CO)[C@H](O)[C@H](O[C@]2(CO)OC[C@@H](O)[C@@H](O)[C@@H]2O)[C@H]1O. The summed E-state index contributed by atoms with van der Waals surface area (Å²) in [4.78, 5) is 0. The van der Waals surface area contributed by atoms with Gasteiger partial charge in [-0.3, -0.25) is 0 Å². The van der Waals surface area contributed by atoms with Gasteiger partial charge in [-0.15, -0.1) is 0 Å². The molecule has 0 aromatic rings. The summed E-state index contributed by atoms with van der Waals surface area (Å²) in [6.45, 7) is -1.99. The monoisotopic (exact) mass is 356 g/mol. The minimum absolute atomic E-state index is 0.453. The Bertz CT molecular complexity index is 393. The number of aliphatic hydroxyl groups is 7. The first-order chi connectivity index (χ1) is 11.3. The van der Waals surface area contributed by atoms with Crippen molar-refractivity contribution in [2.75, 3.05) is 26.9 Å². The fourth-order valence-electron chi connectivity index (χ4n) is 2.78. The van der Waals surface area contributed by atoms with E-state index in [2.05, 4.69) is 0 Å². The zero-order valence-corrected chi connectivity index (χ0v) is 13.0. The van der Waals surface area contributed by atoms with Crippen LogP contribution in [-0.2, 0) is 18.9 Å². The molecule has 11 nitrogen and oxygen atoms in total. The third-order valence-corrected chi connectivity index (χ3v) is 4.28. The lowest BCUT2D eigenvalue weighted by atomic mass is 9.94. The second-order valence-electron chi connectivity index (χ2n) is 5.81. The molecule has 2 fully saturated rings. The van der Waals surface area contributed by atoms with E-state index in [9.17, 15) is 35.7 Å². The first-order valence-electron chi connectivity index (χ1n) is 7.43. The van der Waals surface area contributed by atoms with Crippen LogP contribution in [0.25, 0.3) is 0 Å². The van der Waals surface area contributed by atoms with Crippen molar-refractivity contribution >= 4 is 0 Å². The number of methoxy groups -OCH3 is 1. The van der Waals surface area contributed by atoms with Gasteiger partial charge in [-0.25, -0.2) is 0 Å². The van der Waals surface area contributed by atoms with Crippen LogP contribution in [0.15, 0.2) is 0 Å². The van der Waals surface area contributed by atoms with E-state index < -0.39 is 74.6 Å². The Hall–Kier alpha value is -0.440. The van der Waals surface area contributed by atoms with Gasteiger partial charge in [0.1, 0.15) is 49.3 Å². The molecule has 24 heavy (non-hydrogen) atoms. The first kappa shape index (κ1) is 19.9. The molecule has 2 saturated heterocycles. The molecular weight excluding hydrogens is 332 g/mol. The maximum Gasteiger partial charge on any atom is 0.221 e. The molecule has 11 heteroatoms. The van der Waals surface area contributed by atoms with Gasteiger partial charge < -0.3 is 54.7 Å². The molecule has 0 bridgehead atoms. The van der Waals surface area contributed by atoms with Gasteiger partial charge in [-0.2, -0.15) is 0 Å². The van der Waals surface area contributed by atoms with Gasteiger partial charge in [0, 0.05) is 7.11 Å². The summed E-state index contributed by atoms with van der Waals surface area (Å²) >= 11 is 0. The van der Waals surface area contributed by atoms with Crippen LogP contribution in [0.4, 0.5) is 0 Å². The van der Waals surface area contributed by atoms with Gasteiger partial charge in [0.15, 0.2) is 6.29 Å². The lowest BCUT2D eigenvalue weighted by molar-refractivity contribution is -0.395. The highest BCUT2D eigenvalue weighted by Gasteiger charge is 2.55. The standard InChI is InChI=1S/C13H24O11/c1-21-12-9(19)10(8(18)6(2-14)23-12)24-13(4-15)11(20)7(17)5(16)3-22-13/h5-12,14-20H,2-4H2,1H3/t5-,6-,7-,8+,9-,10+,11+,12-,13+/m1/s1. The van der Waals surface area contributed by atoms with Crippen LogP contribution in [0.2, 0.25) is 0 Å². The number of rotatable bonds is 5. The molecule has 0 unspecified atom stereocenters. The van der Waals surface area contributed by atoms with Crippen molar-refractivity contribution in [3.05, 3.63) is 0 Å². The van der Waals surface area contributed by atoms with E-state index in [0.717, 1.165) is 0 Å². The molecule has 9 atom stereocenters. The zero-order valence-electron chi connectivity index (χ0n) is 13.0. The van der Waals surface area contributed by atoms with Gasteiger partial charge in [0.25, 0.3) is 0 Å². The molecule has 0 aromatic carbocycles. The minimum Gasteiger partial charge on any atom is -0.394 e. The predicted octanol–water partition coefficient (Wildman–Crippen LogP) is -4.74. The van der Waals surface area contributed by atoms with Crippen molar-refractivity contribution in [3.8, 4) is 0 Å². The van der Waals surface area contributed by atoms with Crippen molar-refractivity contribution in [2.45, 2.75) is 54.8 Å². The molecule has 2 aliphatic heterocycles. The van der Waals surface area contributed by atoms with E-state index in [-0.39, 0.29) is 0 Å². The van der Waals surface area contributed by atoms with Crippen molar-refractivity contribution in [1.82, 2.24) is 0 Å². The molecule has 0 aliphatic carbocycles. The largest absolute Gasteiger partial charge is 0.394 e. The van der Waals surface area contributed by atoms with Crippen LogP contribution < -0.4 is 0 Å². The molecular formula is C13H24O11. The first-order valence-corrected chi connectivity index (χ1v) is 7.43. The zero-order chi connectivity index (χ0) is 18.1. The van der Waals surface area contributed by atoms with Crippen molar-refractivity contribution < 1.29 is 54.7 Å². The van der Waals surface area contributed by atoms with Gasteiger partial charge >= 0.3 is 0 Å². The lowest BCUT2D eigenvalue weighted by Gasteiger charge is -2.49. The van der Waals surface area contributed by atoms with Crippen LogP contribution in [0.5, 0.6) is 0 Å². The highest BCUT2D eigenvalue weighted by atomic mass is 16.7. The van der Waals surface area contributed by atoms with Crippen LogP contribution in [0.3, 0.4) is 0 Å². The summed E-state index contributed by atoms with van der Waals surface area (Å²) in [5, 5.41) is 68.7.